The van der Waals surface area contributed by atoms with Crippen molar-refractivity contribution in [1.29, 1.82) is 0 Å². The van der Waals surface area contributed by atoms with Gasteiger partial charge in [-0.3, -0.25) is 9.69 Å². The number of ether oxygens (including phenoxy) is 1. The summed E-state index contributed by atoms with van der Waals surface area (Å²) in [6, 6.07) is 24.9. The molecule has 3 aromatic carbocycles. The molecule has 0 bridgehead atoms. The van der Waals surface area contributed by atoms with Crippen LogP contribution in [0.15, 0.2) is 78.9 Å². The normalized spacial score (nSPS) is 15.1. The van der Waals surface area contributed by atoms with Gasteiger partial charge in [0.05, 0.1) is 31.5 Å². The minimum Gasteiger partial charge on any atom is -0.494 e. The fourth-order valence-corrected chi connectivity index (χ4v) is 5.50. The van der Waals surface area contributed by atoms with E-state index in [-0.39, 0.29) is 17.8 Å². The van der Waals surface area contributed by atoms with Crippen molar-refractivity contribution >= 4 is 5.91 Å². The first-order chi connectivity index (χ1) is 19.1. The van der Waals surface area contributed by atoms with E-state index in [9.17, 15) is 9.18 Å². The summed E-state index contributed by atoms with van der Waals surface area (Å²) in [4.78, 5) is 17.9. The summed E-state index contributed by atoms with van der Waals surface area (Å²) in [5.74, 6) is 0.686. The molecular formula is C32H33FN4O2. The van der Waals surface area contributed by atoms with Crippen LogP contribution < -0.4 is 4.74 Å². The van der Waals surface area contributed by atoms with Crippen LogP contribution in [0.5, 0.6) is 5.75 Å². The molecule has 2 heterocycles. The lowest BCUT2D eigenvalue weighted by atomic mass is 10.0. The average molecular weight is 525 g/mol. The summed E-state index contributed by atoms with van der Waals surface area (Å²) in [6.45, 7) is 2.82. The van der Waals surface area contributed by atoms with Gasteiger partial charge < -0.3 is 9.64 Å². The van der Waals surface area contributed by atoms with Crippen LogP contribution in [0.25, 0.3) is 5.69 Å². The van der Waals surface area contributed by atoms with Crippen LogP contribution in [0.4, 0.5) is 4.39 Å². The summed E-state index contributed by atoms with van der Waals surface area (Å²) >= 11 is 0. The van der Waals surface area contributed by atoms with Gasteiger partial charge in [0.15, 0.2) is 0 Å². The molecule has 1 amide bonds. The lowest BCUT2D eigenvalue weighted by Gasteiger charge is -2.29. The van der Waals surface area contributed by atoms with Crippen molar-refractivity contribution in [3.8, 4) is 11.4 Å². The van der Waals surface area contributed by atoms with Crippen molar-refractivity contribution in [2.45, 2.75) is 51.4 Å². The van der Waals surface area contributed by atoms with Gasteiger partial charge in [0, 0.05) is 37.7 Å². The number of para-hydroxylation sites is 2. The predicted molar refractivity (Wildman–Crippen MR) is 148 cm³/mol. The second-order valence-corrected chi connectivity index (χ2v) is 10.5. The van der Waals surface area contributed by atoms with Crippen LogP contribution >= 0.6 is 0 Å². The van der Waals surface area contributed by atoms with E-state index >= 15 is 0 Å². The number of methoxy groups -OCH3 is 1. The highest BCUT2D eigenvalue weighted by molar-refractivity contribution is 5.79. The molecule has 0 unspecified atom stereocenters. The van der Waals surface area contributed by atoms with Crippen LogP contribution in [0.1, 0.15) is 40.9 Å². The van der Waals surface area contributed by atoms with Gasteiger partial charge in [0.2, 0.25) is 5.91 Å². The Balaban J connectivity index is 1.32. The molecule has 39 heavy (non-hydrogen) atoms. The number of benzene rings is 3. The van der Waals surface area contributed by atoms with Gasteiger partial charge in [-0.25, -0.2) is 9.07 Å². The Morgan fingerprint density at radius 1 is 1.00 bits per heavy atom. The van der Waals surface area contributed by atoms with Gasteiger partial charge in [-0.2, -0.15) is 5.10 Å². The standard InChI is InChI=1S/C32H33FN4O2/c1-39-31-10-6-5-9-30(31)37-29-17-18-35(20-24-11-13-25(33)14-12-24)21-27(29)28(34-37)22-36(26-15-16-26)32(38)19-23-7-3-2-4-8-23/h2-14,26H,15-22H2,1H3. The highest BCUT2D eigenvalue weighted by Gasteiger charge is 2.35. The highest BCUT2D eigenvalue weighted by atomic mass is 19.1. The Morgan fingerprint density at radius 3 is 2.49 bits per heavy atom. The second kappa shape index (κ2) is 11.0. The van der Waals surface area contributed by atoms with Crippen LogP contribution in [0.3, 0.4) is 0 Å². The molecular weight excluding hydrogens is 491 g/mol. The number of carbonyl (C=O) groups is 1. The smallest absolute Gasteiger partial charge is 0.227 e. The van der Waals surface area contributed by atoms with Crippen LogP contribution in [-0.2, 0) is 37.3 Å². The van der Waals surface area contributed by atoms with Gasteiger partial charge in [-0.05, 0) is 48.2 Å². The average Bonchev–Trinajstić information content (AvgIpc) is 3.75. The van der Waals surface area contributed by atoms with Crippen molar-refractivity contribution in [3.63, 3.8) is 0 Å². The van der Waals surface area contributed by atoms with Crippen LogP contribution in [0.2, 0.25) is 0 Å². The summed E-state index contributed by atoms with van der Waals surface area (Å²) in [6.07, 6.45) is 3.28. The molecule has 2 aliphatic rings. The van der Waals surface area contributed by atoms with E-state index < -0.39 is 0 Å². The molecule has 1 aliphatic carbocycles. The summed E-state index contributed by atoms with van der Waals surface area (Å²) < 4.78 is 21.2. The number of hydrogen-bond donors (Lipinski definition) is 0. The lowest BCUT2D eigenvalue weighted by Crippen LogP contribution is -2.35. The molecule has 0 N–H and O–H groups in total. The number of amides is 1. The molecule has 6 nitrogen and oxygen atoms in total. The first-order valence-corrected chi connectivity index (χ1v) is 13.6. The summed E-state index contributed by atoms with van der Waals surface area (Å²) in [7, 11) is 1.68. The van der Waals surface area contributed by atoms with Crippen molar-refractivity contribution in [2.24, 2.45) is 0 Å². The van der Waals surface area contributed by atoms with Gasteiger partial charge >= 0.3 is 0 Å². The van der Waals surface area contributed by atoms with E-state index in [0.29, 0.717) is 13.0 Å². The maximum absolute atomic E-state index is 13.5. The third-order valence-electron chi connectivity index (χ3n) is 7.68. The molecule has 7 heteroatoms. The summed E-state index contributed by atoms with van der Waals surface area (Å²) in [5, 5.41) is 5.13. The number of halogens is 1. The number of nitrogens with zero attached hydrogens (tertiary/aromatic N) is 4. The van der Waals surface area contributed by atoms with Gasteiger partial charge in [0.1, 0.15) is 17.3 Å². The Labute approximate surface area is 228 Å². The monoisotopic (exact) mass is 524 g/mol. The first kappa shape index (κ1) is 25.3. The number of rotatable bonds is 9. The molecule has 1 fully saturated rings. The van der Waals surface area contributed by atoms with Crippen molar-refractivity contribution in [2.75, 3.05) is 13.7 Å². The molecule has 0 radical (unpaired) electrons. The van der Waals surface area contributed by atoms with E-state index in [2.05, 4.69) is 4.90 Å². The fourth-order valence-electron chi connectivity index (χ4n) is 5.50. The van der Waals surface area contributed by atoms with Gasteiger partial charge in [-0.15, -0.1) is 0 Å². The Kier molecular flexibility index (Phi) is 7.16. The highest BCUT2D eigenvalue weighted by Crippen LogP contribution is 2.34. The largest absolute Gasteiger partial charge is 0.494 e. The first-order valence-electron chi connectivity index (χ1n) is 13.6. The zero-order valence-corrected chi connectivity index (χ0v) is 22.2. The van der Waals surface area contributed by atoms with E-state index in [4.69, 9.17) is 9.84 Å². The molecule has 0 spiro atoms. The van der Waals surface area contributed by atoms with Crippen molar-refractivity contribution in [1.82, 2.24) is 19.6 Å². The minimum atomic E-state index is -0.222. The maximum atomic E-state index is 13.5. The number of fused-ring (bicyclic) bond motifs is 1. The number of hydrogen-bond acceptors (Lipinski definition) is 4. The van der Waals surface area contributed by atoms with Crippen LogP contribution in [0, 0.1) is 5.82 Å². The van der Waals surface area contributed by atoms with E-state index in [1.165, 1.54) is 17.7 Å². The fraction of sp³-hybridized carbons (Fsp3) is 0.312. The molecule has 1 aliphatic heterocycles. The third kappa shape index (κ3) is 5.59. The SMILES string of the molecule is COc1ccccc1-n1nc(CN(C(=O)Cc2ccccc2)C2CC2)c2c1CCN(Cc1ccc(F)cc1)C2. The molecule has 1 saturated carbocycles. The van der Waals surface area contributed by atoms with E-state index in [1.807, 2.05) is 76.3 Å². The van der Waals surface area contributed by atoms with Gasteiger partial charge in [-0.1, -0.05) is 54.6 Å². The summed E-state index contributed by atoms with van der Waals surface area (Å²) in [5.41, 5.74) is 6.29. The molecule has 4 aromatic rings. The third-order valence-corrected chi connectivity index (χ3v) is 7.68. The van der Waals surface area contributed by atoms with Gasteiger partial charge in [0.25, 0.3) is 0 Å². The lowest BCUT2D eigenvalue weighted by molar-refractivity contribution is -0.131. The number of carbonyl (C=O) groups excluding carboxylic acids is 1. The number of aromatic nitrogens is 2. The Hall–Kier alpha value is -3.97. The van der Waals surface area contributed by atoms with Crippen molar-refractivity contribution in [3.05, 3.63) is 113 Å². The molecule has 6 rings (SSSR count). The Bertz CT molecular complexity index is 1450. The second-order valence-electron chi connectivity index (χ2n) is 10.5. The van der Waals surface area contributed by atoms with Crippen molar-refractivity contribution < 1.29 is 13.9 Å². The zero-order valence-electron chi connectivity index (χ0n) is 22.2. The van der Waals surface area contributed by atoms with E-state index in [0.717, 1.165) is 72.8 Å². The topological polar surface area (TPSA) is 50.6 Å². The quantitative estimate of drug-likeness (QED) is 0.298. The molecule has 0 saturated heterocycles. The Morgan fingerprint density at radius 2 is 1.74 bits per heavy atom. The zero-order chi connectivity index (χ0) is 26.8. The predicted octanol–water partition coefficient (Wildman–Crippen LogP) is 5.31. The van der Waals surface area contributed by atoms with E-state index in [1.54, 1.807) is 7.11 Å². The molecule has 0 atom stereocenters. The maximum Gasteiger partial charge on any atom is 0.227 e. The molecule has 200 valence electrons. The van der Waals surface area contributed by atoms with Crippen LogP contribution in [-0.4, -0.2) is 45.2 Å². The minimum absolute atomic E-state index is 0.142. The molecule has 1 aromatic heterocycles.